The van der Waals surface area contributed by atoms with Gasteiger partial charge in [-0.15, -0.1) is 11.3 Å². The van der Waals surface area contributed by atoms with Crippen LogP contribution >= 0.6 is 22.9 Å². The fraction of sp³-hybridized carbons (Fsp3) is 0.393. The van der Waals surface area contributed by atoms with Crippen LogP contribution in [-0.2, 0) is 9.47 Å². The van der Waals surface area contributed by atoms with Crippen molar-refractivity contribution in [3.8, 4) is 11.4 Å². The highest BCUT2D eigenvalue weighted by atomic mass is 35.5. The molecule has 1 aromatic carbocycles. The van der Waals surface area contributed by atoms with Crippen molar-refractivity contribution < 1.29 is 23.8 Å². The zero-order valence-electron chi connectivity index (χ0n) is 22.2. The van der Waals surface area contributed by atoms with Crippen LogP contribution in [0.15, 0.2) is 53.5 Å². The lowest BCUT2D eigenvalue weighted by atomic mass is 10.1. The van der Waals surface area contributed by atoms with Crippen LogP contribution in [0.1, 0.15) is 28.1 Å². The molecule has 0 saturated carbocycles. The van der Waals surface area contributed by atoms with E-state index in [0.717, 1.165) is 12.1 Å². The topological polar surface area (TPSA) is 90.3 Å². The molecular weight excluding hydrogens is 542 g/mol. The van der Waals surface area contributed by atoms with Crippen LogP contribution in [0, 0.1) is 6.92 Å². The Kier molecular flexibility index (Phi) is 9.79. The van der Waals surface area contributed by atoms with Crippen LogP contribution in [0.5, 0.6) is 5.75 Å². The first kappa shape index (κ1) is 28.8. The standard InChI is InChI=1S/C28H32ClN3O6S/c1-19-17-20(32-18-21(38-28(32)35)7-9-23(33)25-10-11-26(29)39-25)6-8-22(19)31-12-4-5-24(27(31)34)37-16-14-30(2)13-15-36-3/h4-6,8,10-12,17,21H,7,9,13-16,18H2,1-3H3/t21-/m0/s1. The summed E-state index contributed by atoms with van der Waals surface area (Å²) in [5.74, 6) is 0.253. The molecule has 3 aromatic rings. The first-order valence-corrected chi connectivity index (χ1v) is 13.9. The molecule has 0 radical (unpaired) electrons. The predicted molar refractivity (Wildman–Crippen MR) is 152 cm³/mol. The van der Waals surface area contributed by atoms with Gasteiger partial charge in [0.1, 0.15) is 12.7 Å². The molecule has 3 heterocycles. The highest BCUT2D eigenvalue weighted by Gasteiger charge is 2.33. The van der Waals surface area contributed by atoms with Crippen molar-refractivity contribution in [2.75, 3.05) is 51.9 Å². The molecule has 2 aromatic heterocycles. The summed E-state index contributed by atoms with van der Waals surface area (Å²) in [7, 11) is 3.63. The van der Waals surface area contributed by atoms with Gasteiger partial charge in [0.05, 0.1) is 28.1 Å². The van der Waals surface area contributed by atoms with Crippen LogP contribution in [0.4, 0.5) is 10.5 Å². The van der Waals surface area contributed by atoms with Crippen LogP contribution in [0.25, 0.3) is 5.69 Å². The molecule has 0 spiro atoms. The lowest BCUT2D eigenvalue weighted by molar-refractivity contribution is 0.0943. The quantitative estimate of drug-likeness (QED) is 0.271. The predicted octanol–water partition coefficient (Wildman–Crippen LogP) is 4.81. The van der Waals surface area contributed by atoms with E-state index in [0.29, 0.717) is 53.3 Å². The van der Waals surface area contributed by atoms with Crippen LogP contribution < -0.4 is 15.2 Å². The number of cyclic esters (lactones) is 1. The fourth-order valence-electron chi connectivity index (χ4n) is 4.28. The minimum Gasteiger partial charge on any atom is -0.487 e. The van der Waals surface area contributed by atoms with E-state index in [1.54, 1.807) is 54.6 Å². The Bertz CT molecular complexity index is 1370. The molecule has 1 aliphatic heterocycles. The number of ether oxygens (including phenoxy) is 3. The summed E-state index contributed by atoms with van der Waals surface area (Å²) in [4.78, 5) is 42.3. The molecule has 0 bridgehead atoms. The van der Waals surface area contributed by atoms with Gasteiger partial charge in [0.25, 0.3) is 5.56 Å². The van der Waals surface area contributed by atoms with Gasteiger partial charge in [0.2, 0.25) is 0 Å². The van der Waals surface area contributed by atoms with E-state index in [9.17, 15) is 14.4 Å². The van der Waals surface area contributed by atoms with E-state index in [2.05, 4.69) is 4.90 Å². The van der Waals surface area contributed by atoms with Gasteiger partial charge in [-0.1, -0.05) is 11.6 Å². The molecule has 208 valence electrons. The number of rotatable bonds is 13. The number of Topliss-reactive ketones (excluding diaryl/α,β-unsaturated/α-hetero) is 1. The number of thiophene rings is 1. The minimum absolute atomic E-state index is 0.0173. The van der Waals surface area contributed by atoms with Crippen molar-refractivity contribution in [2.45, 2.75) is 25.9 Å². The third-order valence-electron chi connectivity index (χ3n) is 6.49. The number of carbonyl (C=O) groups is 2. The SMILES string of the molecule is COCCN(C)CCOc1cccn(-c2ccc(N3C[C@H](CCC(=O)c4ccc(Cl)s4)OC3=O)cc2C)c1=O. The van der Waals surface area contributed by atoms with Crippen LogP contribution in [-0.4, -0.2) is 74.5 Å². The second-order valence-corrected chi connectivity index (χ2v) is 11.1. The van der Waals surface area contributed by atoms with Gasteiger partial charge in [0.15, 0.2) is 11.5 Å². The summed E-state index contributed by atoms with van der Waals surface area (Å²) < 4.78 is 18.5. The van der Waals surface area contributed by atoms with Crippen molar-refractivity contribution in [2.24, 2.45) is 0 Å². The number of likely N-dealkylation sites (N-methyl/N-ethyl adjacent to an activating group) is 1. The number of halogens is 1. The van der Waals surface area contributed by atoms with Crippen LogP contribution in [0.2, 0.25) is 4.34 Å². The molecule has 4 rings (SSSR count). The molecule has 0 unspecified atom stereocenters. The van der Waals surface area contributed by atoms with Gasteiger partial charge in [0, 0.05) is 38.5 Å². The minimum atomic E-state index is -0.457. The van der Waals surface area contributed by atoms with Crippen LogP contribution in [0.3, 0.4) is 0 Å². The number of amides is 1. The van der Waals surface area contributed by atoms with Gasteiger partial charge in [-0.25, -0.2) is 4.79 Å². The van der Waals surface area contributed by atoms with Gasteiger partial charge in [-0.05, 0) is 68.4 Å². The molecule has 1 aliphatic rings. The Labute approximate surface area is 236 Å². The average Bonchev–Trinajstić information content (AvgIpc) is 3.52. The smallest absolute Gasteiger partial charge is 0.414 e. The third kappa shape index (κ3) is 7.27. The summed E-state index contributed by atoms with van der Waals surface area (Å²) in [6, 6.07) is 12.3. The summed E-state index contributed by atoms with van der Waals surface area (Å²) in [5.41, 5.74) is 1.91. The third-order valence-corrected chi connectivity index (χ3v) is 7.76. The molecule has 11 heteroatoms. The van der Waals surface area contributed by atoms with Gasteiger partial charge in [-0.3, -0.25) is 19.1 Å². The molecule has 39 heavy (non-hydrogen) atoms. The van der Waals surface area contributed by atoms with Gasteiger partial charge in [-0.2, -0.15) is 0 Å². The molecule has 1 amide bonds. The summed E-state index contributed by atoms with van der Waals surface area (Å²) in [6.07, 6.45) is 1.55. The molecule has 0 aliphatic carbocycles. The second-order valence-electron chi connectivity index (χ2n) is 9.34. The van der Waals surface area contributed by atoms with Crippen molar-refractivity contribution in [3.05, 3.63) is 73.8 Å². The fourth-order valence-corrected chi connectivity index (χ4v) is 5.29. The number of carbonyl (C=O) groups excluding carboxylic acids is 2. The molecule has 1 saturated heterocycles. The van der Waals surface area contributed by atoms with E-state index < -0.39 is 6.09 Å². The first-order valence-electron chi connectivity index (χ1n) is 12.7. The summed E-state index contributed by atoms with van der Waals surface area (Å²) >= 11 is 7.17. The van der Waals surface area contributed by atoms with Gasteiger partial charge >= 0.3 is 6.09 Å². The monoisotopic (exact) mass is 573 g/mol. The lowest BCUT2D eigenvalue weighted by Gasteiger charge is -2.18. The number of benzene rings is 1. The number of aryl methyl sites for hydroxylation is 1. The zero-order valence-corrected chi connectivity index (χ0v) is 23.8. The number of ketones is 1. The number of methoxy groups -OCH3 is 1. The molecule has 0 N–H and O–H groups in total. The second kappa shape index (κ2) is 13.3. The van der Waals surface area contributed by atoms with E-state index in [4.69, 9.17) is 25.8 Å². The molecule has 1 fully saturated rings. The number of anilines is 1. The maximum atomic E-state index is 13.1. The average molecular weight is 574 g/mol. The Morgan fingerprint density at radius 2 is 1.97 bits per heavy atom. The summed E-state index contributed by atoms with van der Waals surface area (Å²) in [5, 5.41) is 0. The molecule has 9 nitrogen and oxygen atoms in total. The van der Waals surface area contributed by atoms with Crippen molar-refractivity contribution >= 4 is 40.5 Å². The maximum Gasteiger partial charge on any atom is 0.414 e. The Morgan fingerprint density at radius 1 is 1.18 bits per heavy atom. The van der Waals surface area contributed by atoms with E-state index in [1.165, 1.54) is 15.9 Å². The largest absolute Gasteiger partial charge is 0.487 e. The Balaban J connectivity index is 1.39. The number of nitrogens with zero attached hydrogens (tertiary/aromatic N) is 3. The number of hydrogen-bond acceptors (Lipinski definition) is 8. The zero-order chi connectivity index (χ0) is 27.9. The number of aromatic nitrogens is 1. The van der Waals surface area contributed by atoms with Crippen molar-refractivity contribution in [1.29, 1.82) is 0 Å². The molecule has 1 atom stereocenters. The highest BCUT2D eigenvalue weighted by molar-refractivity contribution is 7.18. The molecular formula is C28H32ClN3O6S. The van der Waals surface area contributed by atoms with Crippen molar-refractivity contribution in [3.63, 3.8) is 0 Å². The van der Waals surface area contributed by atoms with E-state index in [1.807, 2.05) is 20.0 Å². The van der Waals surface area contributed by atoms with E-state index >= 15 is 0 Å². The Morgan fingerprint density at radius 3 is 2.69 bits per heavy atom. The Hall–Kier alpha value is -3.18. The number of hydrogen-bond donors (Lipinski definition) is 0. The van der Waals surface area contributed by atoms with Gasteiger partial charge < -0.3 is 19.1 Å². The summed E-state index contributed by atoms with van der Waals surface area (Å²) in [6.45, 7) is 4.67. The lowest BCUT2D eigenvalue weighted by Crippen LogP contribution is -2.29. The normalized spacial score (nSPS) is 15.2. The first-order chi connectivity index (χ1) is 18.8. The maximum absolute atomic E-state index is 13.1. The van der Waals surface area contributed by atoms with Crippen molar-refractivity contribution in [1.82, 2.24) is 9.47 Å². The van der Waals surface area contributed by atoms with E-state index in [-0.39, 0.29) is 29.6 Å². The number of pyridine rings is 1. The highest BCUT2D eigenvalue weighted by Crippen LogP contribution is 2.28.